The number of piperidine rings is 1. The third-order valence-electron chi connectivity index (χ3n) is 7.44. The number of hydrogen-bond acceptors (Lipinski definition) is 12. The van der Waals surface area contributed by atoms with Gasteiger partial charge in [0.05, 0.1) is 12.1 Å². The average Bonchev–Trinajstić information content (AvgIpc) is 3.29. The molecule has 2 saturated heterocycles. The van der Waals surface area contributed by atoms with Crippen molar-refractivity contribution in [2.75, 3.05) is 26.2 Å². The number of nitrogens with two attached hydrogens (primary N) is 3. The van der Waals surface area contributed by atoms with Gasteiger partial charge in [0.2, 0.25) is 11.9 Å². The number of esters is 1. The van der Waals surface area contributed by atoms with Gasteiger partial charge < -0.3 is 42.0 Å². The van der Waals surface area contributed by atoms with E-state index in [1.807, 2.05) is 17.0 Å². The van der Waals surface area contributed by atoms with E-state index in [1.165, 1.54) is 5.01 Å². The third-order valence-corrected chi connectivity index (χ3v) is 7.73. The molecular weight excluding hydrogens is 622 g/mol. The first-order valence-corrected chi connectivity index (χ1v) is 15.0. The first-order chi connectivity index (χ1) is 21.8. The average molecular weight is 662 g/mol. The Bertz CT molecular complexity index is 1400. The lowest BCUT2D eigenvalue weighted by molar-refractivity contribution is -0.157. The second kappa shape index (κ2) is 14.6. The maximum absolute atomic E-state index is 13.1. The molecule has 9 N–H and O–H groups in total. The Balaban J connectivity index is 1.26. The minimum Gasteiger partial charge on any atom is -0.482 e. The van der Waals surface area contributed by atoms with E-state index in [4.69, 9.17) is 38.6 Å². The molecule has 2 amide bonds. The first-order valence-electron chi connectivity index (χ1n) is 14.6. The third kappa shape index (κ3) is 8.94. The molecule has 0 saturated carbocycles. The Kier molecular flexibility index (Phi) is 10.8. The van der Waals surface area contributed by atoms with Crippen LogP contribution < -0.4 is 38.2 Å². The van der Waals surface area contributed by atoms with Crippen LogP contribution in [0.1, 0.15) is 45.6 Å². The van der Waals surface area contributed by atoms with Crippen molar-refractivity contribution in [1.29, 1.82) is 0 Å². The zero-order valence-electron chi connectivity index (χ0n) is 25.9. The zero-order chi connectivity index (χ0) is 33.5. The number of nitrogens with zero attached hydrogens (tertiary/aromatic N) is 7. The van der Waals surface area contributed by atoms with Gasteiger partial charge in [0.25, 0.3) is 5.91 Å². The molecule has 4 rings (SSSR count). The molecular formula is C27H40ClN13O5. The number of ether oxygens (including phenoxy) is 2. The molecule has 0 bridgehead atoms. The van der Waals surface area contributed by atoms with Gasteiger partial charge in [-0.05, 0) is 57.7 Å². The van der Waals surface area contributed by atoms with Crippen LogP contribution in [0.4, 0.5) is 0 Å². The topological polar surface area (TPSA) is 252 Å². The van der Waals surface area contributed by atoms with Crippen molar-refractivity contribution in [1.82, 2.24) is 25.9 Å². The van der Waals surface area contributed by atoms with E-state index in [9.17, 15) is 14.4 Å². The number of carbonyl (C=O) groups is 3. The number of hydrogen-bond donors (Lipinski definition) is 6. The SMILES string of the molecule is CC(C)(C)OC(=O)COc1ccc(CCC(=O)N2CCC3(CC2)CN(N)/C(=N\C(=O)C2NC(Cl)=C(N=NN)NC2N=NN)N3)cc1. The number of rotatable bonds is 9. The van der Waals surface area contributed by atoms with Crippen molar-refractivity contribution in [3.05, 3.63) is 40.8 Å². The van der Waals surface area contributed by atoms with Gasteiger partial charge in [0, 0.05) is 19.5 Å². The summed E-state index contributed by atoms with van der Waals surface area (Å²) in [6, 6.07) is 6.21. The Morgan fingerprint density at radius 1 is 1.09 bits per heavy atom. The summed E-state index contributed by atoms with van der Waals surface area (Å²) in [6.45, 7) is 6.64. The summed E-state index contributed by atoms with van der Waals surface area (Å²) in [7, 11) is 0. The van der Waals surface area contributed by atoms with Gasteiger partial charge in [-0.15, -0.1) is 10.2 Å². The highest BCUT2D eigenvalue weighted by molar-refractivity contribution is 6.29. The molecule has 2 atom stereocenters. The molecule has 19 heteroatoms. The van der Waals surface area contributed by atoms with E-state index in [0.717, 1.165) is 5.56 Å². The lowest BCUT2D eigenvalue weighted by Gasteiger charge is -2.38. The highest BCUT2D eigenvalue weighted by atomic mass is 35.5. The van der Waals surface area contributed by atoms with E-state index in [0.29, 0.717) is 51.1 Å². The number of benzene rings is 1. The van der Waals surface area contributed by atoms with Crippen molar-refractivity contribution in [2.24, 2.45) is 43.2 Å². The lowest BCUT2D eigenvalue weighted by Crippen LogP contribution is -2.55. The molecule has 1 spiro atoms. The molecule has 3 heterocycles. The van der Waals surface area contributed by atoms with E-state index in [-0.39, 0.29) is 29.5 Å². The molecule has 2 fully saturated rings. The fraction of sp³-hybridized carbons (Fsp3) is 0.556. The van der Waals surface area contributed by atoms with Crippen LogP contribution in [-0.4, -0.2) is 83.2 Å². The van der Waals surface area contributed by atoms with E-state index in [1.54, 1.807) is 32.9 Å². The smallest absolute Gasteiger partial charge is 0.344 e. The van der Waals surface area contributed by atoms with Crippen LogP contribution in [0.25, 0.3) is 0 Å². The second-order valence-corrected chi connectivity index (χ2v) is 12.4. The summed E-state index contributed by atoms with van der Waals surface area (Å²) in [6.07, 6.45) is 1.14. The van der Waals surface area contributed by atoms with E-state index >= 15 is 0 Å². The normalized spacial score (nSPS) is 22.2. The molecule has 0 aromatic heterocycles. The van der Waals surface area contributed by atoms with E-state index in [2.05, 4.69) is 41.6 Å². The summed E-state index contributed by atoms with van der Waals surface area (Å²) in [5.74, 6) is 16.3. The highest BCUT2D eigenvalue weighted by Gasteiger charge is 2.44. The summed E-state index contributed by atoms with van der Waals surface area (Å²) < 4.78 is 10.7. The van der Waals surface area contributed by atoms with Gasteiger partial charge in [-0.3, -0.25) is 14.6 Å². The number of hydrazine groups is 1. The van der Waals surface area contributed by atoms with Gasteiger partial charge >= 0.3 is 5.97 Å². The van der Waals surface area contributed by atoms with Crippen molar-refractivity contribution in [3.8, 4) is 5.75 Å². The maximum atomic E-state index is 13.1. The molecule has 18 nitrogen and oxygen atoms in total. The molecule has 3 aliphatic rings. The minimum absolute atomic E-state index is 0.0185. The minimum atomic E-state index is -1.07. The van der Waals surface area contributed by atoms with Gasteiger partial charge in [-0.25, -0.2) is 10.6 Å². The molecule has 46 heavy (non-hydrogen) atoms. The summed E-state index contributed by atoms with van der Waals surface area (Å²) in [5, 5.41) is 24.0. The Labute approximate surface area is 270 Å². The molecule has 0 aliphatic carbocycles. The number of nitrogens with one attached hydrogen (secondary N) is 3. The molecule has 2 unspecified atom stereocenters. The van der Waals surface area contributed by atoms with Crippen molar-refractivity contribution < 1.29 is 23.9 Å². The quantitative estimate of drug-likeness (QED) is 0.0685. The molecule has 250 valence electrons. The number of halogens is 1. The van der Waals surface area contributed by atoms with E-state index < -0.39 is 35.2 Å². The Hall–Kier alpha value is -4.71. The number of guanidine groups is 1. The van der Waals surface area contributed by atoms with Gasteiger partial charge in [0.1, 0.15) is 16.5 Å². The largest absolute Gasteiger partial charge is 0.482 e. The fourth-order valence-electron chi connectivity index (χ4n) is 5.22. The van der Waals surface area contributed by atoms with Gasteiger partial charge in [-0.1, -0.05) is 34.2 Å². The van der Waals surface area contributed by atoms with Gasteiger partial charge in [0.15, 0.2) is 24.6 Å². The number of aliphatic imine (C=N–C) groups is 1. The monoisotopic (exact) mass is 661 g/mol. The number of likely N-dealkylation sites (tertiary alicyclic amines) is 1. The Morgan fingerprint density at radius 2 is 1.78 bits per heavy atom. The fourth-order valence-corrected chi connectivity index (χ4v) is 5.43. The van der Waals surface area contributed by atoms with Crippen LogP contribution in [0.3, 0.4) is 0 Å². The lowest BCUT2D eigenvalue weighted by atomic mass is 9.88. The predicted octanol–water partition coefficient (Wildman–Crippen LogP) is 0.267. The van der Waals surface area contributed by atoms with Crippen LogP contribution in [0.15, 0.2) is 60.9 Å². The van der Waals surface area contributed by atoms with Crippen LogP contribution in [0, 0.1) is 0 Å². The van der Waals surface area contributed by atoms with Crippen LogP contribution in [-0.2, 0) is 25.5 Å². The predicted molar refractivity (Wildman–Crippen MR) is 166 cm³/mol. The second-order valence-electron chi connectivity index (χ2n) is 12.0. The first kappa shape index (κ1) is 34.2. The van der Waals surface area contributed by atoms with Crippen molar-refractivity contribution in [3.63, 3.8) is 0 Å². The molecule has 3 aliphatic heterocycles. The standard InChI is InChI=1S/C27H40ClN13O5/c1-26(2,3)46-19(43)14-45-17-7-4-16(5-8-17)6-9-18(42)40-12-10-27(11-13-40)15-41(31)25(35-27)34-24(44)20-22(36-38-29)33-23(37-39-30)21(28)32-20/h4-5,7-8,20,22,32-33H,6,9-15,31H2,1-3H3,(H2,29,36)(H2,30,37)(H,34,35,44). The summed E-state index contributed by atoms with van der Waals surface area (Å²) in [5.41, 5.74) is -0.0577. The summed E-state index contributed by atoms with van der Waals surface area (Å²) >= 11 is 6.16. The maximum Gasteiger partial charge on any atom is 0.344 e. The number of aryl methyl sites for hydroxylation is 1. The van der Waals surface area contributed by atoms with Crippen LogP contribution in [0.2, 0.25) is 0 Å². The van der Waals surface area contributed by atoms with Gasteiger partial charge in [-0.2, -0.15) is 4.99 Å². The molecule has 0 radical (unpaired) electrons. The molecule has 1 aromatic rings. The van der Waals surface area contributed by atoms with Crippen LogP contribution >= 0.6 is 11.6 Å². The van der Waals surface area contributed by atoms with Crippen molar-refractivity contribution >= 4 is 35.3 Å². The highest BCUT2D eigenvalue weighted by Crippen LogP contribution is 2.28. The number of carbonyl (C=O) groups excluding carboxylic acids is 3. The molecule has 1 aromatic carbocycles. The zero-order valence-corrected chi connectivity index (χ0v) is 26.7. The number of amides is 2. The van der Waals surface area contributed by atoms with Crippen LogP contribution in [0.5, 0.6) is 5.75 Å². The Morgan fingerprint density at radius 3 is 2.41 bits per heavy atom. The van der Waals surface area contributed by atoms with Crippen molar-refractivity contribution in [2.45, 2.75) is 69.8 Å². The summed E-state index contributed by atoms with van der Waals surface area (Å²) in [4.78, 5) is 44.0.